The van der Waals surface area contributed by atoms with Crippen molar-refractivity contribution < 1.29 is 13.5 Å². The van der Waals surface area contributed by atoms with Crippen LogP contribution in [-0.4, -0.2) is 24.0 Å². The summed E-state index contributed by atoms with van der Waals surface area (Å²) < 4.78 is 21.8. The van der Waals surface area contributed by atoms with Crippen LogP contribution < -0.4 is 0 Å². The zero-order valence-electron chi connectivity index (χ0n) is 9.22. The van der Waals surface area contributed by atoms with Crippen LogP contribution in [0.3, 0.4) is 0 Å². The number of hydrogen-bond donors (Lipinski definition) is 1. The molecule has 0 saturated carbocycles. The molecule has 90 valence electrons. The van der Waals surface area contributed by atoms with E-state index in [9.17, 15) is 13.5 Å². The summed E-state index contributed by atoms with van der Waals surface area (Å²) in [5.41, 5.74) is 1.38. The third-order valence-electron chi connectivity index (χ3n) is 2.50. The molecule has 3 nitrogen and oxygen atoms in total. The van der Waals surface area contributed by atoms with Gasteiger partial charge in [-0.15, -0.1) is 11.6 Å². The quantitative estimate of drug-likeness (QED) is 0.845. The lowest BCUT2D eigenvalue weighted by Gasteiger charge is -2.18. The first-order chi connectivity index (χ1) is 7.40. The molecule has 1 N–H and O–H groups in total. The first-order valence-electron chi connectivity index (χ1n) is 4.99. The van der Waals surface area contributed by atoms with Crippen LogP contribution in [0.1, 0.15) is 24.2 Å². The van der Waals surface area contributed by atoms with E-state index in [2.05, 4.69) is 0 Å². The van der Waals surface area contributed by atoms with Crippen molar-refractivity contribution in [2.75, 3.05) is 5.75 Å². The van der Waals surface area contributed by atoms with Crippen molar-refractivity contribution in [1.82, 2.24) is 0 Å². The molecule has 0 fully saturated rings. The number of benzene rings is 1. The maximum Gasteiger partial charge on any atom is 0.169 e. The summed E-state index contributed by atoms with van der Waals surface area (Å²) in [4.78, 5) is 0. The summed E-state index contributed by atoms with van der Waals surface area (Å²) in [5.74, 6) is -0.0793. The smallest absolute Gasteiger partial charge is 0.169 e. The zero-order chi connectivity index (χ0) is 12.3. The van der Waals surface area contributed by atoms with Gasteiger partial charge in [-0.05, 0) is 18.1 Å². The average Bonchev–Trinajstić information content (AvgIpc) is 2.27. The molecule has 0 aliphatic rings. The molecule has 0 radical (unpaired) electrons. The van der Waals surface area contributed by atoms with Crippen molar-refractivity contribution in [3.8, 4) is 0 Å². The number of hydrogen-bond acceptors (Lipinski definition) is 3. The number of aliphatic hydroxyl groups is 1. The van der Waals surface area contributed by atoms with E-state index in [0.29, 0.717) is 5.56 Å². The molecule has 1 rings (SSSR count). The second kappa shape index (κ2) is 5.17. The molecule has 2 atom stereocenters. The van der Waals surface area contributed by atoms with Crippen LogP contribution in [0.4, 0.5) is 0 Å². The maximum absolute atomic E-state index is 11.5. The van der Waals surface area contributed by atoms with Crippen LogP contribution in [0.5, 0.6) is 0 Å². The van der Waals surface area contributed by atoms with Crippen LogP contribution >= 0.6 is 11.6 Å². The van der Waals surface area contributed by atoms with Crippen LogP contribution in [0.2, 0.25) is 0 Å². The summed E-state index contributed by atoms with van der Waals surface area (Å²) in [5, 5.41) is 9.93. The fourth-order valence-corrected chi connectivity index (χ4v) is 2.79. The molecule has 0 bridgehead atoms. The fourth-order valence-electron chi connectivity index (χ4n) is 1.42. The Morgan fingerprint density at radius 3 is 2.44 bits per heavy atom. The predicted molar refractivity (Wildman–Crippen MR) is 65.2 cm³/mol. The highest BCUT2D eigenvalue weighted by atomic mass is 35.5. The molecular formula is C11H15ClO3S. The lowest BCUT2D eigenvalue weighted by atomic mass is 10.0. The van der Waals surface area contributed by atoms with E-state index >= 15 is 0 Å². The molecule has 5 heteroatoms. The van der Waals surface area contributed by atoms with Gasteiger partial charge in [-0.3, -0.25) is 0 Å². The second-order valence-corrected chi connectivity index (χ2v) is 6.74. The van der Waals surface area contributed by atoms with Gasteiger partial charge in [0.05, 0.1) is 0 Å². The van der Waals surface area contributed by atoms with Crippen molar-refractivity contribution >= 4 is 21.4 Å². The number of aliphatic hydroxyl groups excluding tert-OH is 1. The second-order valence-electron chi connectivity index (χ2n) is 3.60. The number of alkyl halides is 1. The van der Waals surface area contributed by atoms with Crippen LogP contribution in [0.25, 0.3) is 0 Å². The SMILES string of the molecule is CCS(=O)(=O)[C@H](Cl)[C@@H](O)c1ccccc1C. The Morgan fingerprint density at radius 2 is 1.94 bits per heavy atom. The average molecular weight is 263 g/mol. The molecule has 1 aromatic carbocycles. The molecule has 0 aromatic heterocycles. The van der Waals surface area contributed by atoms with Gasteiger partial charge in [0, 0.05) is 5.75 Å². The fraction of sp³-hybridized carbons (Fsp3) is 0.455. The number of rotatable bonds is 4. The van der Waals surface area contributed by atoms with Gasteiger partial charge in [-0.25, -0.2) is 8.42 Å². The van der Waals surface area contributed by atoms with Gasteiger partial charge in [0.15, 0.2) is 14.5 Å². The molecule has 0 heterocycles. The highest BCUT2D eigenvalue weighted by Gasteiger charge is 2.30. The van der Waals surface area contributed by atoms with Crippen molar-refractivity contribution in [3.05, 3.63) is 35.4 Å². The normalized spacial score (nSPS) is 15.8. The minimum atomic E-state index is -3.45. The lowest BCUT2D eigenvalue weighted by Crippen LogP contribution is -2.25. The highest BCUT2D eigenvalue weighted by Crippen LogP contribution is 2.27. The summed E-state index contributed by atoms with van der Waals surface area (Å²) in [6.07, 6.45) is -1.19. The van der Waals surface area contributed by atoms with Gasteiger partial charge in [0.2, 0.25) is 0 Å². The van der Waals surface area contributed by atoms with Gasteiger partial charge in [-0.2, -0.15) is 0 Å². The molecule has 0 saturated heterocycles. The first-order valence-corrected chi connectivity index (χ1v) is 7.14. The minimum Gasteiger partial charge on any atom is -0.386 e. The lowest BCUT2D eigenvalue weighted by molar-refractivity contribution is 0.191. The molecular weight excluding hydrogens is 248 g/mol. The summed E-state index contributed by atoms with van der Waals surface area (Å²) in [6, 6.07) is 7.05. The Morgan fingerprint density at radius 1 is 1.38 bits per heavy atom. The van der Waals surface area contributed by atoms with E-state index in [1.807, 2.05) is 6.07 Å². The van der Waals surface area contributed by atoms with Crippen molar-refractivity contribution in [1.29, 1.82) is 0 Å². The third-order valence-corrected chi connectivity index (χ3v) is 5.30. The molecule has 0 unspecified atom stereocenters. The monoisotopic (exact) mass is 262 g/mol. The topological polar surface area (TPSA) is 54.4 Å². The minimum absolute atomic E-state index is 0.0793. The van der Waals surface area contributed by atoms with Crippen molar-refractivity contribution in [2.45, 2.75) is 24.7 Å². The standard InChI is InChI=1S/C11H15ClO3S/c1-3-16(14,15)11(12)10(13)9-7-5-4-6-8(9)2/h4-7,10-11,13H,3H2,1-2H3/t10-,11-/m0/s1. The third kappa shape index (κ3) is 2.75. The molecule has 0 aliphatic heterocycles. The number of halogens is 1. The van der Waals surface area contributed by atoms with Crippen molar-refractivity contribution in [3.63, 3.8) is 0 Å². The Bertz CT molecular complexity index is 456. The van der Waals surface area contributed by atoms with E-state index < -0.39 is 20.7 Å². The van der Waals surface area contributed by atoms with Gasteiger partial charge >= 0.3 is 0 Å². The molecule has 0 spiro atoms. The highest BCUT2D eigenvalue weighted by molar-refractivity contribution is 7.93. The van der Waals surface area contributed by atoms with E-state index in [0.717, 1.165) is 5.56 Å². The van der Waals surface area contributed by atoms with Gasteiger partial charge < -0.3 is 5.11 Å². The maximum atomic E-state index is 11.5. The van der Waals surface area contributed by atoms with Gasteiger partial charge in [0.25, 0.3) is 0 Å². The van der Waals surface area contributed by atoms with E-state index in [-0.39, 0.29) is 5.75 Å². The predicted octanol–water partition coefficient (Wildman–Crippen LogP) is 2.03. The van der Waals surface area contributed by atoms with Crippen molar-refractivity contribution in [2.24, 2.45) is 0 Å². The molecule has 0 aliphatic carbocycles. The molecule has 0 amide bonds. The number of sulfone groups is 1. The Labute approximate surface area is 101 Å². The van der Waals surface area contributed by atoms with Crippen LogP contribution in [0, 0.1) is 6.92 Å². The zero-order valence-corrected chi connectivity index (χ0v) is 10.8. The van der Waals surface area contributed by atoms with Crippen LogP contribution in [-0.2, 0) is 9.84 Å². The number of aryl methyl sites for hydroxylation is 1. The van der Waals surface area contributed by atoms with E-state index in [1.165, 1.54) is 6.92 Å². The Kier molecular flexibility index (Phi) is 4.35. The summed E-state index contributed by atoms with van der Waals surface area (Å²) in [7, 11) is -3.45. The largest absolute Gasteiger partial charge is 0.386 e. The molecule has 1 aromatic rings. The Hall–Kier alpha value is -0.580. The first kappa shape index (κ1) is 13.5. The van der Waals surface area contributed by atoms with Crippen LogP contribution in [0.15, 0.2) is 24.3 Å². The summed E-state index contributed by atoms with van der Waals surface area (Å²) >= 11 is 5.79. The Balaban J connectivity index is 3.04. The molecule has 16 heavy (non-hydrogen) atoms. The van der Waals surface area contributed by atoms with E-state index in [4.69, 9.17) is 11.6 Å². The summed E-state index contributed by atoms with van der Waals surface area (Å²) in [6.45, 7) is 3.32. The van der Waals surface area contributed by atoms with E-state index in [1.54, 1.807) is 25.1 Å². The van der Waals surface area contributed by atoms with Gasteiger partial charge in [0.1, 0.15) is 6.10 Å². The van der Waals surface area contributed by atoms with Gasteiger partial charge in [-0.1, -0.05) is 31.2 Å².